The molecule has 0 aliphatic heterocycles. The van der Waals surface area contributed by atoms with Gasteiger partial charge >= 0.3 is 0 Å². The lowest BCUT2D eigenvalue weighted by Crippen LogP contribution is -2.26. The first-order valence-electron chi connectivity index (χ1n) is 4.73. The Bertz CT molecular complexity index is 104. The average molecular weight is 173 g/mol. The summed E-state index contributed by atoms with van der Waals surface area (Å²) in [4.78, 5) is 2.27. The Morgan fingerprint density at radius 2 is 1.83 bits per heavy atom. The van der Waals surface area contributed by atoms with Gasteiger partial charge in [0, 0.05) is 19.8 Å². The standard InChI is InChI=1S/C10H23NO/c1-9(6-7-12-5)8-10(2)11(3)4/h9-10H,6-8H2,1-5H3. The van der Waals surface area contributed by atoms with E-state index >= 15 is 0 Å². The van der Waals surface area contributed by atoms with Crippen LogP contribution in [0.1, 0.15) is 26.7 Å². The molecule has 0 aromatic carbocycles. The largest absolute Gasteiger partial charge is 0.385 e. The van der Waals surface area contributed by atoms with Crippen molar-refractivity contribution >= 4 is 0 Å². The van der Waals surface area contributed by atoms with E-state index in [0.717, 1.165) is 12.5 Å². The van der Waals surface area contributed by atoms with E-state index in [1.54, 1.807) is 7.11 Å². The van der Waals surface area contributed by atoms with E-state index in [1.807, 2.05) is 0 Å². The number of ether oxygens (including phenoxy) is 1. The number of methoxy groups -OCH3 is 1. The van der Waals surface area contributed by atoms with Crippen LogP contribution < -0.4 is 0 Å². The molecule has 0 aliphatic carbocycles. The lowest BCUT2D eigenvalue weighted by molar-refractivity contribution is 0.168. The van der Waals surface area contributed by atoms with Gasteiger partial charge < -0.3 is 9.64 Å². The molecule has 0 heterocycles. The monoisotopic (exact) mass is 173 g/mol. The van der Waals surface area contributed by atoms with Crippen molar-refractivity contribution in [3.05, 3.63) is 0 Å². The van der Waals surface area contributed by atoms with Crippen LogP contribution in [0.3, 0.4) is 0 Å². The van der Waals surface area contributed by atoms with E-state index in [2.05, 4.69) is 32.8 Å². The topological polar surface area (TPSA) is 12.5 Å². The summed E-state index contributed by atoms with van der Waals surface area (Å²) in [7, 11) is 6.03. The van der Waals surface area contributed by atoms with Crippen LogP contribution in [-0.4, -0.2) is 38.8 Å². The smallest absolute Gasteiger partial charge is 0.0464 e. The molecule has 2 atom stereocenters. The highest BCUT2D eigenvalue weighted by molar-refractivity contribution is 4.64. The van der Waals surface area contributed by atoms with Crippen molar-refractivity contribution < 1.29 is 4.74 Å². The third-order valence-electron chi connectivity index (χ3n) is 2.44. The minimum absolute atomic E-state index is 0.678. The molecule has 2 heteroatoms. The third-order valence-corrected chi connectivity index (χ3v) is 2.44. The maximum Gasteiger partial charge on any atom is 0.0464 e. The van der Waals surface area contributed by atoms with Gasteiger partial charge in [-0.2, -0.15) is 0 Å². The first-order valence-corrected chi connectivity index (χ1v) is 4.73. The van der Waals surface area contributed by atoms with Crippen LogP contribution in [0.4, 0.5) is 0 Å². The van der Waals surface area contributed by atoms with Gasteiger partial charge in [-0.15, -0.1) is 0 Å². The molecule has 0 amide bonds. The molecule has 0 spiro atoms. The van der Waals surface area contributed by atoms with E-state index in [-0.39, 0.29) is 0 Å². The zero-order chi connectivity index (χ0) is 9.56. The van der Waals surface area contributed by atoms with Crippen molar-refractivity contribution in [2.24, 2.45) is 5.92 Å². The summed E-state index contributed by atoms with van der Waals surface area (Å²) in [6, 6.07) is 0.678. The fraction of sp³-hybridized carbons (Fsp3) is 1.00. The lowest BCUT2D eigenvalue weighted by Gasteiger charge is -2.23. The zero-order valence-corrected chi connectivity index (χ0v) is 9.13. The SMILES string of the molecule is COCCC(C)CC(C)N(C)C. The fourth-order valence-corrected chi connectivity index (χ4v) is 1.23. The first-order chi connectivity index (χ1) is 5.57. The molecule has 0 fully saturated rings. The van der Waals surface area contributed by atoms with Crippen molar-refractivity contribution in [3.8, 4) is 0 Å². The highest BCUT2D eigenvalue weighted by atomic mass is 16.5. The van der Waals surface area contributed by atoms with Crippen molar-refractivity contribution in [1.29, 1.82) is 0 Å². The van der Waals surface area contributed by atoms with Gasteiger partial charge in [-0.05, 0) is 39.8 Å². The normalized spacial score (nSPS) is 16.5. The molecule has 2 nitrogen and oxygen atoms in total. The molecule has 0 saturated heterocycles. The second-order valence-corrected chi connectivity index (χ2v) is 3.93. The summed E-state index contributed by atoms with van der Waals surface area (Å²) >= 11 is 0. The van der Waals surface area contributed by atoms with Gasteiger partial charge in [-0.3, -0.25) is 0 Å². The molecule has 0 radical (unpaired) electrons. The second-order valence-electron chi connectivity index (χ2n) is 3.93. The summed E-state index contributed by atoms with van der Waals surface area (Å²) in [5.41, 5.74) is 0. The molecular formula is C10H23NO. The Hall–Kier alpha value is -0.0800. The molecule has 74 valence electrons. The zero-order valence-electron chi connectivity index (χ0n) is 9.13. The molecule has 0 aliphatic rings. The summed E-state index contributed by atoms with van der Waals surface area (Å²) in [6.07, 6.45) is 2.44. The predicted molar refractivity (Wildman–Crippen MR) is 53.4 cm³/mol. The van der Waals surface area contributed by atoms with Crippen LogP contribution in [0.25, 0.3) is 0 Å². The molecular weight excluding hydrogens is 150 g/mol. The summed E-state index contributed by atoms with van der Waals surface area (Å²) in [5, 5.41) is 0. The molecule has 2 unspecified atom stereocenters. The van der Waals surface area contributed by atoms with Gasteiger partial charge in [0.2, 0.25) is 0 Å². The number of rotatable bonds is 6. The lowest BCUT2D eigenvalue weighted by atomic mass is 9.99. The predicted octanol–water partition coefficient (Wildman–Crippen LogP) is 2.00. The van der Waals surface area contributed by atoms with Gasteiger partial charge in [-0.25, -0.2) is 0 Å². The van der Waals surface area contributed by atoms with Gasteiger partial charge in [-0.1, -0.05) is 6.92 Å². The van der Waals surface area contributed by atoms with Gasteiger partial charge in [0.1, 0.15) is 0 Å². The quantitative estimate of drug-likeness (QED) is 0.609. The van der Waals surface area contributed by atoms with E-state index in [0.29, 0.717) is 6.04 Å². The Kier molecular flexibility index (Phi) is 6.39. The molecule has 0 rings (SSSR count). The van der Waals surface area contributed by atoms with Crippen LogP contribution in [0.15, 0.2) is 0 Å². The highest BCUT2D eigenvalue weighted by Crippen LogP contribution is 2.12. The van der Waals surface area contributed by atoms with Gasteiger partial charge in [0.05, 0.1) is 0 Å². The van der Waals surface area contributed by atoms with Crippen molar-refractivity contribution in [2.75, 3.05) is 27.8 Å². The van der Waals surface area contributed by atoms with Gasteiger partial charge in [0.25, 0.3) is 0 Å². The third kappa shape index (κ3) is 5.56. The Labute approximate surface area is 76.9 Å². The average Bonchev–Trinajstić information content (AvgIpc) is 2.00. The summed E-state index contributed by atoms with van der Waals surface area (Å²) in [5.74, 6) is 0.766. The summed E-state index contributed by atoms with van der Waals surface area (Å²) in [6.45, 7) is 5.45. The Balaban J connectivity index is 3.47. The number of nitrogens with zero attached hydrogens (tertiary/aromatic N) is 1. The molecule has 0 N–H and O–H groups in total. The maximum atomic E-state index is 5.04. The molecule has 0 saturated carbocycles. The van der Waals surface area contributed by atoms with Crippen LogP contribution in [0.2, 0.25) is 0 Å². The highest BCUT2D eigenvalue weighted by Gasteiger charge is 2.09. The minimum Gasteiger partial charge on any atom is -0.385 e. The first kappa shape index (κ1) is 11.9. The van der Waals surface area contributed by atoms with Crippen LogP contribution >= 0.6 is 0 Å². The van der Waals surface area contributed by atoms with E-state index in [4.69, 9.17) is 4.74 Å². The molecule has 0 bridgehead atoms. The number of hydrogen-bond acceptors (Lipinski definition) is 2. The van der Waals surface area contributed by atoms with Crippen molar-refractivity contribution in [3.63, 3.8) is 0 Å². The number of hydrogen-bond donors (Lipinski definition) is 0. The fourth-order valence-electron chi connectivity index (χ4n) is 1.23. The Morgan fingerprint density at radius 3 is 2.25 bits per heavy atom. The van der Waals surface area contributed by atoms with Crippen LogP contribution in [0.5, 0.6) is 0 Å². The summed E-state index contributed by atoms with van der Waals surface area (Å²) < 4.78 is 5.04. The van der Waals surface area contributed by atoms with Crippen LogP contribution in [0, 0.1) is 5.92 Å². The van der Waals surface area contributed by atoms with E-state index in [9.17, 15) is 0 Å². The molecule has 12 heavy (non-hydrogen) atoms. The minimum atomic E-state index is 0.678. The van der Waals surface area contributed by atoms with Crippen molar-refractivity contribution in [2.45, 2.75) is 32.7 Å². The Morgan fingerprint density at radius 1 is 1.25 bits per heavy atom. The van der Waals surface area contributed by atoms with E-state index < -0.39 is 0 Å². The molecule has 0 aromatic heterocycles. The second kappa shape index (κ2) is 6.44. The van der Waals surface area contributed by atoms with Gasteiger partial charge in [0.15, 0.2) is 0 Å². The van der Waals surface area contributed by atoms with Crippen LogP contribution in [-0.2, 0) is 4.74 Å². The van der Waals surface area contributed by atoms with Crippen molar-refractivity contribution in [1.82, 2.24) is 4.90 Å². The maximum absolute atomic E-state index is 5.04. The van der Waals surface area contributed by atoms with E-state index in [1.165, 1.54) is 12.8 Å². The molecule has 0 aromatic rings.